The fourth-order valence-electron chi connectivity index (χ4n) is 1.96. The number of hydrogen-bond donors (Lipinski definition) is 2. The third kappa shape index (κ3) is 4.19. The van der Waals surface area contributed by atoms with Gasteiger partial charge in [0.25, 0.3) is 0 Å². The van der Waals surface area contributed by atoms with Crippen LogP contribution in [-0.2, 0) is 11.3 Å². The van der Waals surface area contributed by atoms with Gasteiger partial charge in [-0.25, -0.2) is 0 Å². The van der Waals surface area contributed by atoms with Crippen LogP contribution in [0.25, 0.3) is 0 Å². The van der Waals surface area contributed by atoms with E-state index >= 15 is 0 Å². The van der Waals surface area contributed by atoms with E-state index in [1.807, 2.05) is 6.92 Å². The van der Waals surface area contributed by atoms with Crippen LogP contribution in [0.15, 0.2) is 28.8 Å². The van der Waals surface area contributed by atoms with Crippen molar-refractivity contribution in [2.45, 2.75) is 33.4 Å². The van der Waals surface area contributed by atoms with Crippen LogP contribution in [-0.4, -0.2) is 21.9 Å². The maximum Gasteiger partial charge on any atom is 0.246 e. The summed E-state index contributed by atoms with van der Waals surface area (Å²) >= 11 is 0. The van der Waals surface area contributed by atoms with Gasteiger partial charge in [-0.2, -0.15) is 4.98 Å². The number of benzene rings is 1. The summed E-state index contributed by atoms with van der Waals surface area (Å²) in [4.78, 5) is 4.37. The fourth-order valence-corrected chi connectivity index (χ4v) is 1.96. The van der Waals surface area contributed by atoms with Crippen molar-refractivity contribution < 1.29 is 14.4 Å². The third-order valence-electron chi connectivity index (χ3n) is 3.00. The standard InChI is InChI=1S/C15H21N3O3/c1-4-20-14(10(2)3)15-17-13(21-18-15)9-16-11-5-7-12(19)8-6-11/h5-8,10,14,16,19H,4,9H2,1-3H3. The summed E-state index contributed by atoms with van der Waals surface area (Å²) in [5.74, 6) is 1.59. The van der Waals surface area contributed by atoms with E-state index in [2.05, 4.69) is 29.3 Å². The van der Waals surface area contributed by atoms with Gasteiger partial charge in [0.1, 0.15) is 11.9 Å². The zero-order valence-electron chi connectivity index (χ0n) is 12.5. The molecule has 1 aromatic heterocycles. The van der Waals surface area contributed by atoms with Crippen LogP contribution in [0.1, 0.15) is 38.6 Å². The van der Waals surface area contributed by atoms with Crippen LogP contribution in [0, 0.1) is 5.92 Å². The molecule has 0 saturated heterocycles. The van der Waals surface area contributed by atoms with Crippen molar-refractivity contribution >= 4 is 5.69 Å². The number of anilines is 1. The van der Waals surface area contributed by atoms with Gasteiger partial charge in [-0.05, 0) is 37.1 Å². The molecule has 2 aromatic rings. The second-order valence-corrected chi connectivity index (χ2v) is 5.07. The van der Waals surface area contributed by atoms with E-state index in [-0.39, 0.29) is 17.8 Å². The molecule has 1 unspecified atom stereocenters. The molecule has 1 heterocycles. The zero-order chi connectivity index (χ0) is 15.2. The molecule has 0 saturated carbocycles. The van der Waals surface area contributed by atoms with Crippen molar-refractivity contribution in [3.63, 3.8) is 0 Å². The maximum absolute atomic E-state index is 9.23. The number of nitrogens with zero attached hydrogens (tertiary/aromatic N) is 2. The van der Waals surface area contributed by atoms with Gasteiger partial charge >= 0.3 is 0 Å². The molecule has 0 amide bonds. The second-order valence-electron chi connectivity index (χ2n) is 5.07. The molecule has 0 radical (unpaired) electrons. The van der Waals surface area contributed by atoms with Gasteiger partial charge in [-0.3, -0.25) is 0 Å². The van der Waals surface area contributed by atoms with Crippen molar-refractivity contribution in [3.05, 3.63) is 36.0 Å². The van der Waals surface area contributed by atoms with Crippen molar-refractivity contribution in [1.29, 1.82) is 0 Å². The number of nitrogens with one attached hydrogen (secondary N) is 1. The number of aromatic nitrogens is 2. The van der Waals surface area contributed by atoms with Gasteiger partial charge in [0.05, 0.1) is 6.54 Å². The van der Waals surface area contributed by atoms with Crippen molar-refractivity contribution in [1.82, 2.24) is 10.1 Å². The minimum Gasteiger partial charge on any atom is -0.508 e. The first kappa shape index (κ1) is 15.3. The molecule has 2 N–H and O–H groups in total. The molecule has 0 fully saturated rings. The van der Waals surface area contributed by atoms with Crippen LogP contribution in [0.5, 0.6) is 5.75 Å². The third-order valence-corrected chi connectivity index (χ3v) is 3.00. The molecular formula is C15H21N3O3. The lowest BCUT2D eigenvalue weighted by Crippen LogP contribution is -2.13. The maximum atomic E-state index is 9.23. The quantitative estimate of drug-likeness (QED) is 0.763. The van der Waals surface area contributed by atoms with Gasteiger partial charge in [-0.15, -0.1) is 0 Å². The van der Waals surface area contributed by atoms with E-state index in [4.69, 9.17) is 9.26 Å². The molecule has 2 rings (SSSR count). The highest BCUT2D eigenvalue weighted by molar-refractivity contribution is 5.45. The van der Waals surface area contributed by atoms with Crippen LogP contribution in [0.2, 0.25) is 0 Å². The van der Waals surface area contributed by atoms with E-state index in [9.17, 15) is 5.11 Å². The van der Waals surface area contributed by atoms with Crippen LogP contribution < -0.4 is 5.32 Å². The number of phenolic OH excluding ortho intramolecular Hbond substituents is 1. The van der Waals surface area contributed by atoms with Gasteiger partial charge in [0.15, 0.2) is 0 Å². The van der Waals surface area contributed by atoms with E-state index in [1.165, 1.54) is 0 Å². The predicted molar refractivity (Wildman–Crippen MR) is 78.9 cm³/mol. The smallest absolute Gasteiger partial charge is 0.246 e. The molecule has 0 bridgehead atoms. The highest BCUT2D eigenvalue weighted by atomic mass is 16.5. The minimum atomic E-state index is -0.152. The molecule has 0 aliphatic carbocycles. The fraction of sp³-hybridized carbons (Fsp3) is 0.467. The average molecular weight is 291 g/mol. The first-order chi connectivity index (χ1) is 10.1. The second kappa shape index (κ2) is 7.08. The average Bonchev–Trinajstić information content (AvgIpc) is 2.92. The Morgan fingerprint density at radius 3 is 2.62 bits per heavy atom. The zero-order valence-corrected chi connectivity index (χ0v) is 12.5. The minimum absolute atomic E-state index is 0.152. The van der Waals surface area contributed by atoms with Crippen molar-refractivity contribution in [2.24, 2.45) is 5.92 Å². The Morgan fingerprint density at radius 2 is 2.00 bits per heavy atom. The first-order valence-electron chi connectivity index (χ1n) is 7.07. The monoisotopic (exact) mass is 291 g/mol. The predicted octanol–water partition coefficient (Wildman–Crippen LogP) is 3.12. The normalized spacial score (nSPS) is 12.6. The summed E-state index contributed by atoms with van der Waals surface area (Å²) in [6.45, 7) is 7.10. The summed E-state index contributed by atoms with van der Waals surface area (Å²) in [5, 5.41) is 16.4. The molecule has 1 aromatic carbocycles. The molecule has 21 heavy (non-hydrogen) atoms. The number of ether oxygens (including phenoxy) is 1. The highest BCUT2D eigenvalue weighted by Crippen LogP contribution is 2.23. The molecule has 114 valence electrons. The van der Waals surface area contributed by atoms with E-state index in [1.54, 1.807) is 24.3 Å². The van der Waals surface area contributed by atoms with Crippen molar-refractivity contribution in [2.75, 3.05) is 11.9 Å². The summed E-state index contributed by atoms with van der Waals surface area (Å²) in [7, 11) is 0. The molecule has 6 heteroatoms. The molecular weight excluding hydrogens is 270 g/mol. The Morgan fingerprint density at radius 1 is 1.29 bits per heavy atom. The summed E-state index contributed by atoms with van der Waals surface area (Å²) < 4.78 is 10.9. The van der Waals surface area contributed by atoms with E-state index in [0.717, 1.165) is 5.69 Å². The van der Waals surface area contributed by atoms with Crippen LogP contribution >= 0.6 is 0 Å². The molecule has 6 nitrogen and oxygen atoms in total. The highest BCUT2D eigenvalue weighted by Gasteiger charge is 2.21. The summed E-state index contributed by atoms with van der Waals surface area (Å²) in [6.07, 6.45) is -0.152. The van der Waals surface area contributed by atoms with Crippen LogP contribution in [0.4, 0.5) is 5.69 Å². The summed E-state index contributed by atoms with van der Waals surface area (Å²) in [6, 6.07) is 6.80. The topological polar surface area (TPSA) is 80.4 Å². The van der Waals surface area contributed by atoms with E-state index < -0.39 is 0 Å². The molecule has 0 spiro atoms. The molecule has 0 aliphatic rings. The Labute approximate surface area is 124 Å². The Kier molecular flexibility index (Phi) is 5.16. The van der Waals surface area contributed by atoms with E-state index in [0.29, 0.717) is 24.9 Å². The SMILES string of the molecule is CCOC(c1noc(CNc2ccc(O)cc2)n1)C(C)C. The van der Waals surface area contributed by atoms with Crippen molar-refractivity contribution in [3.8, 4) is 5.75 Å². The molecule has 1 atom stereocenters. The van der Waals surface area contributed by atoms with Gasteiger partial charge in [0, 0.05) is 12.3 Å². The largest absolute Gasteiger partial charge is 0.508 e. The lowest BCUT2D eigenvalue weighted by Gasteiger charge is -2.16. The number of rotatable bonds is 7. The Bertz CT molecular complexity index is 552. The lowest BCUT2D eigenvalue weighted by molar-refractivity contribution is 0.0217. The number of phenols is 1. The summed E-state index contributed by atoms with van der Waals surface area (Å²) in [5.41, 5.74) is 0.873. The van der Waals surface area contributed by atoms with Gasteiger partial charge < -0.3 is 19.7 Å². The van der Waals surface area contributed by atoms with Gasteiger partial charge in [-0.1, -0.05) is 19.0 Å². The van der Waals surface area contributed by atoms with Crippen LogP contribution in [0.3, 0.4) is 0 Å². The Hall–Kier alpha value is -2.08. The number of hydrogen-bond acceptors (Lipinski definition) is 6. The lowest BCUT2D eigenvalue weighted by atomic mass is 10.1. The first-order valence-corrected chi connectivity index (χ1v) is 7.07. The molecule has 0 aliphatic heterocycles. The van der Waals surface area contributed by atoms with Gasteiger partial charge in [0.2, 0.25) is 11.7 Å². The Balaban J connectivity index is 1.97. The number of aromatic hydroxyl groups is 1.